The van der Waals surface area contributed by atoms with Gasteiger partial charge in [0.05, 0.1) is 0 Å². The molecule has 0 rings (SSSR count). The molecule has 0 unspecified atom stereocenters. The highest BCUT2D eigenvalue weighted by Crippen LogP contribution is 2.04. The lowest BCUT2D eigenvalue weighted by Gasteiger charge is -2.10. The van der Waals surface area contributed by atoms with E-state index in [1.54, 1.807) is 19.0 Å². The standard InChI is InChI=1S/C14H30N4O.HI/c1-4-5-6-7-8-9-11-16-14(15)17-12-10-13(19)18(2)3;/h4-12H2,1-3H3,(H3,15,16,17);1H. The molecular weight excluding hydrogens is 367 g/mol. The van der Waals surface area contributed by atoms with E-state index in [2.05, 4.69) is 17.2 Å². The molecular formula is C14H31IN4O. The molecule has 3 N–H and O–H groups in total. The van der Waals surface area contributed by atoms with Crippen LogP contribution in [0.2, 0.25) is 0 Å². The molecule has 0 aliphatic heterocycles. The second-order valence-electron chi connectivity index (χ2n) is 5.00. The Morgan fingerprint density at radius 3 is 2.35 bits per heavy atom. The Kier molecular flexibility index (Phi) is 16.2. The molecule has 0 bridgehead atoms. The normalized spacial score (nSPS) is 10.8. The summed E-state index contributed by atoms with van der Waals surface area (Å²) in [6.45, 7) is 3.53. The van der Waals surface area contributed by atoms with Crippen molar-refractivity contribution in [3.05, 3.63) is 0 Å². The molecule has 0 atom stereocenters. The molecule has 0 heterocycles. The summed E-state index contributed by atoms with van der Waals surface area (Å²) in [4.78, 5) is 17.1. The van der Waals surface area contributed by atoms with Crippen LogP contribution in [0.15, 0.2) is 4.99 Å². The van der Waals surface area contributed by atoms with Crippen molar-refractivity contribution in [2.45, 2.75) is 51.9 Å². The van der Waals surface area contributed by atoms with Crippen molar-refractivity contribution in [1.82, 2.24) is 10.2 Å². The third-order valence-electron chi connectivity index (χ3n) is 2.94. The Balaban J connectivity index is 0. The van der Waals surface area contributed by atoms with E-state index in [1.165, 1.54) is 32.1 Å². The molecule has 6 heteroatoms. The van der Waals surface area contributed by atoms with Gasteiger partial charge in [0.25, 0.3) is 0 Å². The molecule has 5 nitrogen and oxygen atoms in total. The Bertz CT molecular complexity index is 270. The van der Waals surface area contributed by atoms with Crippen LogP contribution in [0.25, 0.3) is 0 Å². The number of halogens is 1. The molecule has 0 spiro atoms. The number of carbonyl (C=O) groups is 1. The Morgan fingerprint density at radius 1 is 1.15 bits per heavy atom. The first-order chi connectivity index (χ1) is 9.07. The molecule has 0 radical (unpaired) electrons. The Hall–Kier alpha value is -0.530. The first kappa shape index (κ1) is 21.8. The molecule has 20 heavy (non-hydrogen) atoms. The molecule has 0 saturated heterocycles. The summed E-state index contributed by atoms with van der Waals surface area (Å²) < 4.78 is 0. The van der Waals surface area contributed by atoms with Crippen molar-refractivity contribution >= 4 is 35.8 Å². The monoisotopic (exact) mass is 398 g/mol. The van der Waals surface area contributed by atoms with E-state index in [0.29, 0.717) is 18.9 Å². The molecule has 1 amide bonds. The minimum atomic E-state index is 0. The number of nitrogens with two attached hydrogens (primary N) is 1. The summed E-state index contributed by atoms with van der Waals surface area (Å²) in [6.07, 6.45) is 7.96. The zero-order valence-corrected chi connectivity index (χ0v) is 15.5. The lowest BCUT2D eigenvalue weighted by Crippen LogP contribution is -2.35. The van der Waals surface area contributed by atoms with Crippen molar-refractivity contribution in [3.8, 4) is 0 Å². The van der Waals surface area contributed by atoms with Gasteiger partial charge in [0, 0.05) is 33.6 Å². The van der Waals surface area contributed by atoms with Gasteiger partial charge in [-0.3, -0.25) is 9.79 Å². The largest absolute Gasteiger partial charge is 0.370 e. The van der Waals surface area contributed by atoms with Crippen LogP contribution in [-0.2, 0) is 4.79 Å². The highest BCUT2D eigenvalue weighted by atomic mass is 127. The van der Waals surface area contributed by atoms with E-state index >= 15 is 0 Å². The van der Waals surface area contributed by atoms with Crippen LogP contribution in [0.5, 0.6) is 0 Å². The summed E-state index contributed by atoms with van der Waals surface area (Å²) in [5.74, 6) is 0.538. The zero-order chi connectivity index (χ0) is 14.5. The Morgan fingerprint density at radius 2 is 1.75 bits per heavy atom. The van der Waals surface area contributed by atoms with Crippen molar-refractivity contribution in [1.29, 1.82) is 0 Å². The van der Waals surface area contributed by atoms with Gasteiger partial charge in [-0.25, -0.2) is 0 Å². The molecule has 0 fully saturated rings. The molecule has 0 saturated carbocycles. The van der Waals surface area contributed by atoms with Crippen LogP contribution in [0.1, 0.15) is 51.9 Å². The summed E-state index contributed by atoms with van der Waals surface area (Å²) in [5, 5.41) is 2.96. The lowest BCUT2D eigenvalue weighted by molar-refractivity contribution is -0.128. The maximum absolute atomic E-state index is 11.3. The predicted octanol–water partition coefficient (Wildman–Crippen LogP) is 2.35. The number of unbranched alkanes of at least 4 members (excludes halogenated alkanes) is 5. The number of rotatable bonds is 10. The summed E-state index contributed by atoms with van der Waals surface area (Å²) in [7, 11) is 3.50. The first-order valence-corrected chi connectivity index (χ1v) is 7.31. The maximum atomic E-state index is 11.3. The average molecular weight is 398 g/mol. The SMILES string of the molecule is CCCCCCCCN=C(N)NCCC(=O)N(C)C.I. The number of amides is 1. The van der Waals surface area contributed by atoms with Crippen molar-refractivity contribution in [3.63, 3.8) is 0 Å². The zero-order valence-electron chi connectivity index (χ0n) is 13.2. The third-order valence-corrected chi connectivity index (χ3v) is 2.94. The number of nitrogens with one attached hydrogen (secondary N) is 1. The fraction of sp³-hybridized carbons (Fsp3) is 0.857. The molecule has 120 valence electrons. The second-order valence-corrected chi connectivity index (χ2v) is 5.00. The number of aliphatic imine (C=N–C) groups is 1. The van der Waals surface area contributed by atoms with Gasteiger partial charge in [-0.15, -0.1) is 24.0 Å². The molecule has 0 aromatic heterocycles. The fourth-order valence-corrected chi connectivity index (χ4v) is 1.67. The number of carbonyl (C=O) groups excluding carboxylic acids is 1. The molecule has 0 aromatic rings. The quantitative estimate of drug-likeness (QED) is 0.257. The fourth-order valence-electron chi connectivity index (χ4n) is 1.67. The number of nitrogens with zero attached hydrogens (tertiary/aromatic N) is 2. The highest BCUT2D eigenvalue weighted by Gasteiger charge is 2.02. The summed E-state index contributed by atoms with van der Waals surface area (Å²) >= 11 is 0. The van der Waals surface area contributed by atoms with E-state index in [4.69, 9.17) is 5.73 Å². The maximum Gasteiger partial charge on any atom is 0.223 e. The van der Waals surface area contributed by atoms with Crippen molar-refractivity contribution < 1.29 is 4.79 Å². The summed E-state index contributed by atoms with van der Waals surface area (Å²) in [6, 6.07) is 0. The number of hydrogen-bond acceptors (Lipinski definition) is 2. The van der Waals surface area contributed by atoms with Crippen LogP contribution in [0.4, 0.5) is 0 Å². The van der Waals surface area contributed by atoms with Crippen LogP contribution in [0.3, 0.4) is 0 Å². The summed E-state index contributed by atoms with van der Waals surface area (Å²) in [5.41, 5.74) is 5.71. The van der Waals surface area contributed by atoms with E-state index < -0.39 is 0 Å². The van der Waals surface area contributed by atoms with Gasteiger partial charge in [-0.1, -0.05) is 39.0 Å². The number of guanidine groups is 1. The average Bonchev–Trinajstić information content (AvgIpc) is 2.37. The van der Waals surface area contributed by atoms with Crippen LogP contribution >= 0.6 is 24.0 Å². The molecule has 0 aliphatic carbocycles. The van der Waals surface area contributed by atoms with E-state index in [0.717, 1.165) is 13.0 Å². The van der Waals surface area contributed by atoms with Crippen molar-refractivity contribution in [2.24, 2.45) is 10.7 Å². The third kappa shape index (κ3) is 13.9. The first-order valence-electron chi connectivity index (χ1n) is 7.31. The van der Waals surface area contributed by atoms with E-state index in [1.807, 2.05) is 0 Å². The van der Waals surface area contributed by atoms with Gasteiger partial charge in [0.15, 0.2) is 5.96 Å². The topological polar surface area (TPSA) is 70.7 Å². The van der Waals surface area contributed by atoms with Gasteiger partial charge in [0.2, 0.25) is 5.91 Å². The number of hydrogen-bond donors (Lipinski definition) is 2. The molecule has 0 aromatic carbocycles. The van der Waals surface area contributed by atoms with E-state index in [9.17, 15) is 4.79 Å². The minimum absolute atomic E-state index is 0. The molecule has 0 aliphatic rings. The minimum Gasteiger partial charge on any atom is -0.370 e. The van der Waals surface area contributed by atoms with Crippen LogP contribution in [0, 0.1) is 0 Å². The van der Waals surface area contributed by atoms with Crippen LogP contribution in [-0.4, -0.2) is 44.0 Å². The highest BCUT2D eigenvalue weighted by molar-refractivity contribution is 14.0. The smallest absolute Gasteiger partial charge is 0.223 e. The lowest BCUT2D eigenvalue weighted by atomic mass is 10.1. The van der Waals surface area contributed by atoms with Crippen LogP contribution < -0.4 is 11.1 Å². The van der Waals surface area contributed by atoms with Crippen molar-refractivity contribution in [2.75, 3.05) is 27.2 Å². The van der Waals surface area contributed by atoms with Gasteiger partial charge in [0.1, 0.15) is 0 Å². The van der Waals surface area contributed by atoms with Gasteiger partial charge in [-0.2, -0.15) is 0 Å². The van der Waals surface area contributed by atoms with Gasteiger partial charge < -0.3 is 16.0 Å². The van der Waals surface area contributed by atoms with Gasteiger partial charge >= 0.3 is 0 Å². The second kappa shape index (κ2) is 14.9. The van der Waals surface area contributed by atoms with E-state index in [-0.39, 0.29) is 29.9 Å². The van der Waals surface area contributed by atoms with Gasteiger partial charge in [-0.05, 0) is 6.42 Å². The Labute approximate surface area is 140 Å². The predicted molar refractivity (Wildman–Crippen MR) is 96.6 cm³/mol.